The summed E-state index contributed by atoms with van der Waals surface area (Å²) in [6.45, 7) is 0. The zero-order valence-corrected chi connectivity index (χ0v) is 13.0. The van der Waals surface area contributed by atoms with Crippen LogP contribution < -0.4 is 4.74 Å². The van der Waals surface area contributed by atoms with Gasteiger partial charge in [0.25, 0.3) is 0 Å². The van der Waals surface area contributed by atoms with E-state index >= 15 is 0 Å². The molecule has 0 aliphatic rings. The summed E-state index contributed by atoms with van der Waals surface area (Å²) in [6.07, 6.45) is 1.25. The fourth-order valence-electron chi connectivity index (χ4n) is 1.97. The van der Waals surface area contributed by atoms with Crippen molar-refractivity contribution in [2.24, 2.45) is 0 Å². The van der Waals surface area contributed by atoms with Gasteiger partial charge in [0.2, 0.25) is 9.84 Å². The summed E-state index contributed by atoms with van der Waals surface area (Å²) in [6, 6.07) is 15.8. The monoisotopic (exact) mass is 324 g/mol. The van der Waals surface area contributed by atoms with E-state index in [0.29, 0.717) is 5.75 Å². The van der Waals surface area contributed by atoms with Gasteiger partial charge in [-0.25, -0.2) is 8.42 Å². The number of nitriles is 2. The molecule has 0 bridgehead atoms. The number of rotatable bonds is 4. The number of nitrogens with zero attached hydrogens (tertiary/aromatic N) is 2. The highest BCUT2D eigenvalue weighted by Gasteiger charge is 2.21. The molecule has 0 saturated heterocycles. The summed E-state index contributed by atoms with van der Waals surface area (Å²) >= 11 is 0. The largest absolute Gasteiger partial charge is 0.497 e. The van der Waals surface area contributed by atoms with Crippen molar-refractivity contribution in [2.75, 3.05) is 7.11 Å². The third kappa shape index (κ3) is 3.39. The Balaban J connectivity index is 2.73. The second kappa shape index (κ2) is 6.78. The zero-order valence-electron chi connectivity index (χ0n) is 12.2. The van der Waals surface area contributed by atoms with Gasteiger partial charge in [0.15, 0.2) is 0 Å². The standard InChI is InChI=1S/C17H12N2O3S/c1-22-15-8-7-14(9-13(11-18)12-19)17(10-15)23(20,21)16-5-3-2-4-6-16/h2-10H,1H3. The van der Waals surface area contributed by atoms with Crippen molar-refractivity contribution in [3.05, 3.63) is 59.7 Å². The minimum atomic E-state index is -3.81. The average Bonchev–Trinajstić information content (AvgIpc) is 2.60. The van der Waals surface area contributed by atoms with Crippen LogP contribution in [0.1, 0.15) is 5.56 Å². The van der Waals surface area contributed by atoms with Crippen LogP contribution in [0.25, 0.3) is 6.08 Å². The van der Waals surface area contributed by atoms with E-state index in [1.807, 2.05) is 0 Å². The van der Waals surface area contributed by atoms with E-state index in [0.717, 1.165) is 0 Å². The van der Waals surface area contributed by atoms with Crippen LogP contribution in [-0.4, -0.2) is 15.5 Å². The van der Waals surface area contributed by atoms with Gasteiger partial charge in [-0.1, -0.05) is 18.2 Å². The molecule has 2 aromatic rings. The maximum atomic E-state index is 12.8. The van der Waals surface area contributed by atoms with Gasteiger partial charge in [0.1, 0.15) is 23.5 Å². The molecule has 0 spiro atoms. The quantitative estimate of drug-likeness (QED) is 0.806. The summed E-state index contributed by atoms with van der Waals surface area (Å²) in [5.74, 6) is 0.368. The van der Waals surface area contributed by atoms with Crippen LogP contribution in [0, 0.1) is 22.7 Å². The van der Waals surface area contributed by atoms with Crippen LogP contribution in [0.3, 0.4) is 0 Å². The predicted molar refractivity (Wildman–Crippen MR) is 84.1 cm³/mol. The molecule has 0 fully saturated rings. The molecule has 0 saturated carbocycles. The van der Waals surface area contributed by atoms with Crippen LogP contribution in [0.5, 0.6) is 5.75 Å². The number of allylic oxidation sites excluding steroid dienone is 1. The number of hydrogen-bond acceptors (Lipinski definition) is 5. The first kappa shape index (κ1) is 16.3. The molecule has 114 valence electrons. The molecule has 6 heteroatoms. The van der Waals surface area contributed by atoms with Crippen molar-refractivity contribution in [3.63, 3.8) is 0 Å². The van der Waals surface area contributed by atoms with E-state index in [4.69, 9.17) is 15.3 Å². The van der Waals surface area contributed by atoms with E-state index in [-0.39, 0.29) is 20.9 Å². The first-order chi connectivity index (χ1) is 11.0. The van der Waals surface area contributed by atoms with Gasteiger partial charge in [-0.05, 0) is 42.0 Å². The maximum Gasteiger partial charge on any atom is 0.207 e. The van der Waals surface area contributed by atoms with Gasteiger partial charge < -0.3 is 4.74 Å². The SMILES string of the molecule is COc1ccc(C=C(C#N)C#N)c(S(=O)(=O)c2ccccc2)c1. The summed E-state index contributed by atoms with van der Waals surface area (Å²) in [4.78, 5) is 0.101. The van der Waals surface area contributed by atoms with Crippen molar-refractivity contribution in [1.29, 1.82) is 10.5 Å². The molecule has 23 heavy (non-hydrogen) atoms. The van der Waals surface area contributed by atoms with Gasteiger partial charge in [0.05, 0.1) is 16.9 Å². The lowest BCUT2D eigenvalue weighted by atomic mass is 10.1. The van der Waals surface area contributed by atoms with Gasteiger partial charge in [-0.3, -0.25) is 0 Å². The molecular formula is C17H12N2O3S. The van der Waals surface area contributed by atoms with Gasteiger partial charge in [-0.15, -0.1) is 0 Å². The lowest BCUT2D eigenvalue weighted by Gasteiger charge is -2.10. The van der Waals surface area contributed by atoms with Crippen LogP contribution in [0.4, 0.5) is 0 Å². The van der Waals surface area contributed by atoms with E-state index < -0.39 is 9.84 Å². The van der Waals surface area contributed by atoms with E-state index in [9.17, 15) is 8.42 Å². The topological polar surface area (TPSA) is 90.9 Å². The molecule has 2 rings (SSSR count). The molecule has 0 N–H and O–H groups in total. The third-order valence-corrected chi connectivity index (χ3v) is 4.93. The molecule has 0 radical (unpaired) electrons. The molecule has 5 nitrogen and oxygen atoms in total. The maximum absolute atomic E-state index is 12.8. The lowest BCUT2D eigenvalue weighted by molar-refractivity contribution is 0.413. The van der Waals surface area contributed by atoms with Crippen LogP contribution in [-0.2, 0) is 9.84 Å². The van der Waals surface area contributed by atoms with Gasteiger partial charge in [-0.2, -0.15) is 10.5 Å². The van der Waals surface area contributed by atoms with Crippen molar-refractivity contribution in [2.45, 2.75) is 9.79 Å². The van der Waals surface area contributed by atoms with Crippen LogP contribution in [0.2, 0.25) is 0 Å². The fourth-order valence-corrected chi connectivity index (χ4v) is 3.44. The number of sulfone groups is 1. The Hall–Kier alpha value is -3.09. The Bertz CT molecular complexity index is 918. The predicted octanol–water partition coefficient (Wildman–Crippen LogP) is 2.96. The normalized spacial score (nSPS) is 10.2. The van der Waals surface area contributed by atoms with Gasteiger partial charge in [0, 0.05) is 0 Å². The molecule has 0 heterocycles. The summed E-state index contributed by atoms with van der Waals surface area (Å²) < 4.78 is 30.7. The lowest BCUT2D eigenvalue weighted by Crippen LogP contribution is -2.04. The number of benzene rings is 2. The Morgan fingerprint density at radius 2 is 1.74 bits per heavy atom. The molecule has 0 atom stereocenters. The highest BCUT2D eigenvalue weighted by Crippen LogP contribution is 2.29. The van der Waals surface area contributed by atoms with Crippen molar-refractivity contribution < 1.29 is 13.2 Å². The van der Waals surface area contributed by atoms with Crippen molar-refractivity contribution in [1.82, 2.24) is 0 Å². The molecule has 0 aromatic heterocycles. The summed E-state index contributed by atoms with van der Waals surface area (Å²) in [5, 5.41) is 17.8. The summed E-state index contributed by atoms with van der Waals surface area (Å²) in [7, 11) is -2.38. The first-order valence-corrected chi connectivity index (χ1v) is 8.01. The molecule has 0 aliphatic heterocycles. The Kier molecular flexibility index (Phi) is 4.80. The molecule has 2 aromatic carbocycles. The highest BCUT2D eigenvalue weighted by atomic mass is 32.2. The average molecular weight is 324 g/mol. The van der Waals surface area contributed by atoms with Crippen LogP contribution >= 0.6 is 0 Å². The van der Waals surface area contributed by atoms with E-state index in [1.54, 1.807) is 36.4 Å². The summed E-state index contributed by atoms with van der Waals surface area (Å²) in [5.41, 5.74) is 0.0763. The molecule has 0 aliphatic carbocycles. The minimum Gasteiger partial charge on any atom is -0.497 e. The van der Waals surface area contributed by atoms with Crippen molar-refractivity contribution >= 4 is 15.9 Å². The number of methoxy groups -OCH3 is 1. The Labute approximate surface area is 134 Å². The highest BCUT2D eigenvalue weighted by molar-refractivity contribution is 7.91. The van der Waals surface area contributed by atoms with E-state index in [1.165, 1.54) is 37.5 Å². The second-order valence-corrected chi connectivity index (χ2v) is 6.42. The molecule has 0 unspecified atom stereocenters. The Morgan fingerprint density at radius 3 is 2.30 bits per heavy atom. The van der Waals surface area contributed by atoms with Crippen molar-refractivity contribution in [3.8, 4) is 17.9 Å². The minimum absolute atomic E-state index is 0.0222. The van der Waals surface area contributed by atoms with E-state index in [2.05, 4.69) is 0 Å². The second-order valence-electron chi connectivity index (χ2n) is 4.50. The number of hydrogen-bond donors (Lipinski definition) is 0. The molecular weight excluding hydrogens is 312 g/mol. The Morgan fingerprint density at radius 1 is 1.09 bits per heavy atom. The number of ether oxygens (including phenoxy) is 1. The van der Waals surface area contributed by atoms with Gasteiger partial charge >= 0.3 is 0 Å². The zero-order chi connectivity index (χ0) is 16.9. The fraction of sp³-hybridized carbons (Fsp3) is 0.0588. The molecule has 0 amide bonds. The van der Waals surface area contributed by atoms with Crippen LogP contribution in [0.15, 0.2) is 63.9 Å². The first-order valence-electron chi connectivity index (χ1n) is 6.53. The smallest absolute Gasteiger partial charge is 0.207 e. The third-order valence-electron chi connectivity index (χ3n) is 3.10.